The number of halogens is 1. The van der Waals surface area contributed by atoms with Gasteiger partial charge >= 0.3 is 0 Å². The van der Waals surface area contributed by atoms with Crippen LogP contribution in [0.5, 0.6) is 0 Å². The number of nitriles is 1. The molecular weight excluding hydrogens is 346 g/mol. The molecule has 8 heteroatoms. The summed E-state index contributed by atoms with van der Waals surface area (Å²) in [6.45, 7) is 4.82. The van der Waals surface area contributed by atoms with Gasteiger partial charge in [-0.1, -0.05) is 11.6 Å². The van der Waals surface area contributed by atoms with Crippen LogP contribution in [0.25, 0.3) is 0 Å². The van der Waals surface area contributed by atoms with E-state index in [-0.39, 0.29) is 13.2 Å². The number of hydrogen-bond acceptors (Lipinski definition) is 7. The van der Waals surface area contributed by atoms with Crippen molar-refractivity contribution >= 4 is 24.5 Å². The zero-order valence-electron chi connectivity index (χ0n) is 13.7. The summed E-state index contributed by atoms with van der Waals surface area (Å²) in [5, 5.41) is 9.01. The minimum Gasteiger partial charge on any atom is -0.463 e. The normalized spacial score (nSPS) is 9.20. The van der Waals surface area contributed by atoms with Gasteiger partial charge in [-0.15, -0.1) is 0 Å². The van der Waals surface area contributed by atoms with Crippen molar-refractivity contribution < 1.29 is 19.1 Å². The van der Waals surface area contributed by atoms with Gasteiger partial charge in [0.2, 0.25) is 0 Å². The Morgan fingerprint density at radius 1 is 1.00 bits per heavy atom. The van der Waals surface area contributed by atoms with Gasteiger partial charge in [-0.25, -0.2) is 9.97 Å². The van der Waals surface area contributed by atoms with Crippen molar-refractivity contribution in [2.75, 3.05) is 0 Å². The number of rotatable bonds is 6. The molecule has 0 N–H and O–H groups in total. The smallest absolute Gasteiger partial charge is 0.293 e. The van der Waals surface area contributed by atoms with E-state index in [2.05, 4.69) is 19.4 Å². The van der Waals surface area contributed by atoms with Crippen LogP contribution in [-0.4, -0.2) is 22.9 Å². The lowest BCUT2D eigenvalue weighted by Gasteiger charge is -2.00. The summed E-state index contributed by atoms with van der Waals surface area (Å²) >= 11 is 5.67. The van der Waals surface area contributed by atoms with Crippen LogP contribution in [0, 0.1) is 25.2 Å². The van der Waals surface area contributed by atoms with Crippen LogP contribution in [0.1, 0.15) is 28.2 Å². The van der Waals surface area contributed by atoms with Crippen LogP contribution in [0.2, 0.25) is 5.15 Å². The molecule has 0 aliphatic rings. The molecule has 0 spiro atoms. The van der Waals surface area contributed by atoms with Crippen LogP contribution < -0.4 is 0 Å². The molecule has 0 atom stereocenters. The van der Waals surface area contributed by atoms with E-state index < -0.39 is 0 Å². The van der Waals surface area contributed by atoms with Gasteiger partial charge in [0.25, 0.3) is 12.9 Å². The second-order valence-corrected chi connectivity index (χ2v) is 5.26. The molecule has 0 aromatic carbocycles. The van der Waals surface area contributed by atoms with E-state index in [9.17, 15) is 9.59 Å². The Morgan fingerprint density at radius 2 is 1.52 bits per heavy atom. The number of carbonyl (C=O) groups is 2. The maximum absolute atomic E-state index is 9.91. The standard InChI is InChI=1S/C9H8N2O2.C8H8ClNO2/c1-7-2-8(5-13-6-12)3-9(4-10)11-7;1-6-2-7(4-12-5-11)3-8(9)10-6/h2-3,6H,5H2,1H3;2-3,5H,4H2,1H3. The maximum Gasteiger partial charge on any atom is 0.293 e. The van der Waals surface area contributed by atoms with Crippen molar-refractivity contribution in [2.24, 2.45) is 0 Å². The lowest BCUT2D eigenvalue weighted by atomic mass is 10.2. The molecule has 2 rings (SSSR count). The minimum atomic E-state index is 0.182. The Kier molecular flexibility index (Phi) is 8.61. The van der Waals surface area contributed by atoms with Gasteiger partial charge in [-0.2, -0.15) is 5.26 Å². The van der Waals surface area contributed by atoms with E-state index in [1.807, 2.05) is 19.1 Å². The highest BCUT2D eigenvalue weighted by molar-refractivity contribution is 6.29. The van der Waals surface area contributed by atoms with Crippen LogP contribution >= 0.6 is 11.6 Å². The second-order valence-electron chi connectivity index (χ2n) is 4.87. The highest BCUT2D eigenvalue weighted by Gasteiger charge is 1.99. The molecule has 25 heavy (non-hydrogen) atoms. The largest absolute Gasteiger partial charge is 0.463 e. The van der Waals surface area contributed by atoms with Crippen molar-refractivity contribution in [3.05, 3.63) is 57.6 Å². The number of aryl methyl sites for hydroxylation is 2. The molecule has 0 amide bonds. The number of aromatic nitrogens is 2. The summed E-state index contributed by atoms with van der Waals surface area (Å²) in [5.41, 5.74) is 3.51. The Balaban J connectivity index is 0.000000251. The van der Waals surface area contributed by atoms with Crippen molar-refractivity contribution in [3.63, 3.8) is 0 Å². The number of pyridine rings is 2. The number of carbonyl (C=O) groups excluding carboxylic acids is 2. The molecule has 0 radical (unpaired) electrons. The zero-order chi connectivity index (χ0) is 18.7. The molecule has 2 aromatic heterocycles. The summed E-state index contributed by atoms with van der Waals surface area (Å²) < 4.78 is 9.12. The Bertz CT molecular complexity index is 755. The Morgan fingerprint density at radius 3 is 2.00 bits per heavy atom. The van der Waals surface area contributed by atoms with Gasteiger partial charge in [0.15, 0.2) is 0 Å². The predicted molar refractivity (Wildman–Crippen MR) is 89.4 cm³/mol. The van der Waals surface area contributed by atoms with Gasteiger partial charge in [-0.05, 0) is 49.2 Å². The van der Waals surface area contributed by atoms with Crippen LogP contribution in [0.3, 0.4) is 0 Å². The summed E-state index contributed by atoms with van der Waals surface area (Å²) in [6, 6.07) is 8.77. The molecule has 2 heterocycles. The summed E-state index contributed by atoms with van der Waals surface area (Å²) in [5.74, 6) is 0. The van der Waals surface area contributed by atoms with E-state index in [1.54, 1.807) is 25.1 Å². The molecule has 0 saturated heterocycles. The molecule has 0 aliphatic heterocycles. The van der Waals surface area contributed by atoms with Gasteiger partial charge in [0.1, 0.15) is 30.1 Å². The Hall–Kier alpha value is -2.98. The summed E-state index contributed by atoms with van der Waals surface area (Å²) in [7, 11) is 0. The van der Waals surface area contributed by atoms with Gasteiger partial charge < -0.3 is 9.47 Å². The van der Waals surface area contributed by atoms with Crippen LogP contribution in [0.15, 0.2) is 24.3 Å². The fourth-order valence-electron chi connectivity index (χ4n) is 1.92. The zero-order valence-corrected chi connectivity index (χ0v) is 14.5. The first kappa shape index (κ1) is 20.1. The quantitative estimate of drug-likeness (QED) is 0.575. The first-order valence-corrected chi connectivity index (χ1v) is 7.47. The molecule has 0 aliphatic carbocycles. The predicted octanol–water partition coefficient (Wildman–Crippen LogP) is 2.65. The maximum atomic E-state index is 9.91. The third kappa shape index (κ3) is 7.90. The topological polar surface area (TPSA) is 102 Å². The second kappa shape index (κ2) is 10.7. The first-order chi connectivity index (χ1) is 12.0. The SMILES string of the molecule is Cc1cc(COC=O)cc(C#N)n1.Cc1cc(COC=O)cc(Cl)n1. The van der Waals surface area contributed by atoms with Crippen LogP contribution in [0.4, 0.5) is 0 Å². The fraction of sp³-hybridized carbons (Fsp3) is 0.235. The van der Waals surface area contributed by atoms with E-state index in [0.29, 0.717) is 23.8 Å². The average Bonchev–Trinajstić information content (AvgIpc) is 2.57. The Labute approximate surface area is 150 Å². The molecule has 0 saturated carbocycles. The molecule has 7 nitrogen and oxygen atoms in total. The number of ether oxygens (including phenoxy) is 2. The van der Waals surface area contributed by atoms with E-state index in [0.717, 1.165) is 22.5 Å². The lowest BCUT2D eigenvalue weighted by Crippen LogP contribution is -1.95. The van der Waals surface area contributed by atoms with E-state index in [1.165, 1.54) is 0 Å². The number of nitrogens with zero attached hydrogens (tertiary/aromatic N) is 3. The number of hydrogen-bond donors (Lipinski definition) is 0. The van der Waals surface area contributed by atoms with Crippen molar-refractivity contribution in [2.45, 2.75) is 27.1 Å². The first-order valence-electron chi connectivity index (χ1n) is 7.09. The van der Waals surface area contributed by atoms with Crippen LogP contribution in [-0.2, 0) is 32.3 Å². The molecule has 0 unspecified atom stereocenters. The molecule has 130 valence electrons. The third-order valence-corrected chi connectivity index (χ3v) is 2.94. The highest BCUT2D eigenvalue weighted by atomic mass is 35.5. The van der Waals surface area contributed by atoms with Gasteiger partial charge in [0, 0.05) is 11.4 Å². The monoisotopic (exact) mass is 361 g/mol. The van der Waals surface area contributed by atoms with Crippen molar-refractivity contribution in [3.8, 4) is 6.07 Å². The van der Waals surface area contributed by atoms with Gasteiger partial charge in [0.05, 0.1) is 0 Å². The summed E-state index contributed by atoms with van der Waals surface area (Å²) in [4.78, 5) is 27.7. The molecule has 0 bridgehead atoms. The third-order valence-electron chi connectivity index (χ3n) is 2.75. The highest BCUT2D eigenvalue weighted by Crippen LogP contribution is 2.10. The molecule has 2 aromatic rings. The molecule has 0 fully saturated rings. The summed E-state index contributed by atoms with van der Waals surface area (Å²) in [6.07, 6.45) is 0. The minimum absolute atomic E-state index is 0.182. The van der Waals surface area contributed by atoms with Crippen molar-refractivity contribution in [1.29, 1.82) is 5.26 Å². The lowest BCUT2D eigenvalue weighted by molar-refractivity contribution is -0.130. The van der Waals surface area contributed by atoms with E-state index in [4.69, 9.17) is 16.9 Å². The molecular formula is C17H16ClN3O4. The fourth-order valence-corrected chi connectivity index (χ4v) is 2.19. The van der Waals surface area contributed by atoms with Gasteiger partial charge in [-0.3, -0.25) is 9.59 Å². The average molecular weight is 362 g/mol. The van der Waals surface area contributed by atoms with Crippen molar-refractivity contribution in [1.82, 2.24) is 9.97 Å². The van der Waals surface area contributed by atoms with E-state index >= 15 is 0 Å².